The van der Waals surface area contributed by atoms with Gasteiger partial charge < -0.3 is 5.32 Å². The monoisotopic (exact) mass is 303 g/mol. The van der Waals surface area contributed by atoms with Crippen molar-refractivity contribution in [2.45, 2.75) is 46.6 Å². The Hall–Kier alpha value is 0.140. The second kappa shape index (κ2) is 6.77. The third kappa shape index (κ3) is 3.31. The number of thiophene rings is 1. The van der Waals surface area contributed by atoms with Crippen LogP contribution in [0, 0.1) is 12.8 Å². The third-order valence-electron chi connectivity index (χ3n) is 3.13. The molecule has 1 aromatic rings. The minimum absolute atomic E-state index is 0.523. The van der Waals surface area contributed by atoms with E-state index in [2.05, 4.69) is 55.0 Å². The van der Waals surface area contributed by atoms with E-state index in [4.69, 9.17) is 0 Å². The molecule has 92 valence electrons. The molecular formula is C13H22BrNS. The van der Waals surface area contributed by atoms with Gasteiger partial charge >= 0.3 is 0 Å². The molecule has 0 bridgehead atoms. The Morgan fingerprint density at radius 1 is 1.31 bits per heavy atom. The van der Waals surface area contributed by atoms with E-state index >= 15 is 0 Å². The van der Waals surface area contributed by atoms with Crippen molar-refractivity contribution in [3.8, 4) is 0 Å². The number of rotatable bonds is 6. The van der Waals surface area contributed by atoms with Crippen LogP contribution in [-0.4, -0.2) is 6.54 Å². The molecule has 0 aromatic carbocycles. The van der Waals surface area contributed by atoms with E-state index in [0.29, 0.717) is 6.04 Å². The van der Waals surface area contributed by atoms with Gasteiger partial charge in [0, 0.05) is 10.9 Å². The van der Waals surface area contributed by atoms with Crippen LogP contribution in [0.4, 0.5) is 0 Å². The fourth-order valence-electron chi connectivity index (χ4n) is 2.12. The standard InChI is InChI=1S/C13H22BrNS/c1-5-10(6-2)12(15-7-3)11-8-9(4)13(14)16-11/h8,10,12,15H,5-7H2,1-4H3. The van der Waals surface area contributed by atoms with Crippen LogP contribution < -0.4 is 5.32 Å². The van der Waals surface area contributed by atoms with Crippen LogP contribution in [0.5, 0.6) is 0 Å². The Kier molecular flexibility index (Phi) is 6.01. The van der Waals surface area contributed by atoms with Crippen LogP contribution >= 0.6 is 27.3 Å². The van der Waals surface area contributed by atoms with Gasteiger partial charge in [-0.3, -0.25) is 0 Å². The Morgan fingerprint density at radius 2 is 1.94 bits per heavy atom. The van der Waals surface area contributed by atoms with E-state index in [-0.39, 0.29) is 0 Å². The molecule has 1 heterocycles. The zero-order chi connectivity index (χ0) is 12.1. The van der Waals surface area contributed by atoms with Crippen LogP contribution in [0.2, 0.25) is 0 Å². The smallest absolute Gasteiger partial charge is 0.0731 e. The van der Waals surface area contributed by atoms with Gasteiger partial charge in [0.2, 0.25) is 0 Å². The topological polar surface area (TPSA) is 12.0 Å². The molecule has 0 saturated carbocycles. The number of aryl methyl sites for hydroxylation is 1. The Morgan fingerprint density at radius 3 is 2.31 bits per heavy atom. The van der Waals surface area contributed by atoms with E-state index in [1.54, 1.807) is 0 Å². The summed E-state index contributed by atoms with van der Waals surface area (Å²) in [5, 5.41) is 3.63. The van der Waals surface area contributed by atoms with Crippen LogP contribution in [0.25, 0.3) is 0 Å². The third-order valence-corrected chi connectivity index (χ3v) is 5.35. The van der Waals surface area contributed by atoms with Crippen molar-refractivity contribution in [1.82, 2.24) is 5.32 Å². The molecule has 0 radical (unpaired) electrons. The maximum atomic E-state index is 3.63. The summed E-state index contributed by atoms with van der Waals surface area (Å²) in [5.74, 6) is 0.741. The van der Waals surface area contributed by atoms with Crippen LogP contribution in [0.1, 0.15) is 50.1 Å². The average Bonchev–Trinajstić information content (AvgIpc) is 2.59. The SMILES string of the molecule is CCNC(c1cc(C)c(Br)s1)C(CC)CC. The lowest BCUT2D eigenvalue weighted by molar-refractivity contribution is 0.351. The molecule has 1 nitrogen and oxygen atoms in total. The van der Waals surface area contributed by atoms with Crippen LogP contribution in [-0.2, 0) is 0 Å². The highest BCUT2D eigenvalue weighted by Crippen LogP contribution is 2.36. The summed E-state index contributed by atoms with van der Waals surface area (Å²) in [5.41, 5.74) is 1.36. The maximum absolute atomic E-state index is 3.63. The Bertz CT molecular complexity index is 298. The quantitative estimate of drug-likeness (QED) is 0.787. The first-order valence-corrected chi connectivity index (χ1v) is 7.74. The van der Waals surface area contributed by atoms with Crippen molar-refractivity contribution in [1.29, 1.82) is 0 Å². The second-order valence-corrected chi connectivity index (χ2v) is 6.62. The first-order valence-electron chi connectivity index (χ1n) is 6.13. The van der Waals surface area contributed by atoms with Gasteiger partial charge in [-0.15, -0.1) is 11.3 Å². The Balaban J connectivity index is 2.91. The van der Waals surface area contributed by atoms with E-state index in [1.165, 1.54) is 27.1 Å². The molecule has 0 fully saturated rings. The van der Waals surface area contributed by atoms with E-state index in [1.807, 2.05) is 11.3 Å². The molecule has 0 amide bonds. The van der Waals surface area contributed by atoms with Gasteiger partial charge in [0.1, 0.15) is 0 Å². The van der Waals surface area contributed by atoms with Crippen molar-refractivity contribution in [2.75, 3.05) is 6.54 Å². The van der Waals surface area contributed by atoms with Crippen molar-refractivity contribution in [3.63, 3.8) is 0 Å². The summed E-state index contributed by atoms with van der Waals surface area (Å²) < 4.78 is 1.27. The van der Waals surface area contributed by atoms with Crippen LogP contribution in [0.15, 0.2) is 9.85 Å². The van der Waals surface area contributed by atoms with Gasteiger partial charge in [-0.2, -0.15) is 0 Å². The number of halogens is 1. The van der Waals surface area contributed by atoms with Gasteiger partial charge in [-0.25, -0.2) is 0 Å². The average molecular weight is 304 g/mol. The highest BCUT2D eigenvalue weighted by atomic mass is 79.9. The van der Waals surface area contributed by atoms with Gasteiger partial charge in [0.25, 0.3) is 0 Å². The zero-order valence-corrected chi connectivity index (χ0v) is 13.0. The largest absolute Gasteiger partial charge is 0.309 e. The van der Waals surface area contributed by atoms with Crippen LogP contribution in [0.3, 0.4) is 0 Å². The summed E-state index contributed by atoms with van der Waals surface area (Å²) in [6.07, 6.45) is 2.48. The molecule has 0 saturated heterocycles. The predicted octanol–water partition coefficient (Wildman–Crippen LogP) is 4.91. The Labute approximate surface area is 112 Å². The summed E-state index contributed by atoms with van der Waals surface area (Å²) >= 11 is 5.49. The lowest BCUT2D eigenvalue weighted by Gasteiger charge is -2.25. The lowest BCUT2D eigenvalue weighted by Crippen LogP contribution is -2.27. The van der Waals surface area contributed by atoms with Crippen molar-refractivity contribution < 1.29 is 0 Å². The minimum Gasteiger partial charge on any atom is -0.309 e. The lowest BCUT2D eigenvalue weighted by atomic mass is 9.93. The molecule has 1 aromatic heterocycles. The van der Waals surface area contributed by atoms with Crippen molar-refractivity contribution >= 4 is 27.3 Å². The molecule has 0 spiro atoms. The highest BCUT2D eigenvalue weighted by Gasteiger charge is 2.21. The molecule has 0 aliphatic carbocycles. The molecule has 1 rings (SSSR count). The first kappa shape index (κ1) is 14.2. The minimum atomic E-state index is 0.523. The van der Waals surface area contributed by atoms with Gasteiger partial charge in [-0.1, -0.05) is 33.6 Å². The number of nitrogens with one attached hydrogen (secondary N) is 1. The summed E-state index contributed by atoms with van der Waals surface area (Å²) in [7, 11) is 0. The normalized spacial score (nSPS) is 13.4. The molecule has 0 aliphatic rings. The first-order chi connectivity index (χ1) is 7.63. The molecular weight excluding hydrogens is 282 g/mol. The van der Waals surface area contributed by atoms with E-state index in [9.17, 15) is 0 Å². The van der Waals surface area contributed by atoms with Crippen molar-refractivity contribution in [3.05, 3.63) is 20.3 Å². The number of hydrogen-bond acceptors (Lipinski definition) is 2. The number of hydrogen-bond donors (Lipinski definition) is 1. The predicted molar refractivity (Wildman–Crippen MR) is 77.2 cm³/mol. The fourth-order valence-corrected chi connectivity index (χ4v) is 3.86. The molecule has 0 aliphatic heterocycles. The van der Waals surface area contributed by atoms with Gasteiger partial charge in [-0.05, 0) is 46.9 Å². The van der Waals surface area contributed by atoms with E-state index < -0.39 is 0 Å². The maximum Gasteiger partial charge on any atom is 0.0731 e. The molecule has 1 N–H and O–H groups in total. The molecule has 16 heavy (non-hydrogen) atoms. The van der Waals surface area contributed by atoms with Gasteiger partial charge in [0.05, 0.1) is 3.79 Å². The van der Waals surface area contributed by atoms with Gasteiger partial charge in [0.15, 0.2) is 0 Å². The van der Waals surface area contributed by atoms with Crippen molar-refractivity contribution in [2.24, 2.45) is 5.92 Å². The summed E-state index contributed by atoms with van der Waals surface area (Å²) in [6.45, 7) is 9.96. The fraction of sp³-hybridized carbons (Fsp3) is 0.692. The summed E-state index contributed by atoms with van der Waals surface area (Å²) in [4.78, 5) is 1.47. The highest BCUT2D eigenvalue weighted by molar-refractivity contribution is 9.11. The molecule has 1 atom stereocenters. The molecule has 1 unspecified atom stereocenters. The zero-order valence-electron chi connectivity index (χ0n) is 10.6. The second-order valence-electron chi connectivity index (χ2n) is 4.22. The molecule has 3 heteroatoms. The summed E-state index contributed by atoms with van der Waals surface area (Å²) in [6, 6.07) is 2.84. The van der Waals surface area contributed by atoms with E-state index in [0.717, 1.165) is 12.5 Å².